The van der Waals surface area contributed by atoms with Gasteiger partial charge in [-0.15, -0.1) is 0 Å². The maximum absolute atomic E-state index is 6.90. The molecule has 0 bridgehead atoms. The Morgan fingerprint density at radius 2 is 0.964 bits per heavy atom. The van der Waals surface area contributed by atoms with Crippen LogP contribution in [0.5, 0.6) is 0 Å². The molecular formula is C25H20Cl2Si. The molecule has 3 heteroatoms. The minimum Gasteiger partial charge on any atom is -0.0828 e. The number of hydrogen-bond acceptors (Lipinski definition) is 0. The lowest BCUT2D eigenvalue weighted by molar-refractivity contribution is 1.49. The Kier molecular flexibility index (Phi) is 5.41. The first kappa shape index (κ1) is 19.0. The van der Waals surface area contributed by atoms with Crippen LogP contribution in [0.4, 0.5) is 0 Å². The van der Waals surface area contributed by atoms with Crippen molar-refractivity contribution in [3.63, 3.8) is 0 Å². The molecular weight excluding hydrogens is 399 g/mol. The summed E-state index contributed by atoms with van der Waals surface area (Å²) < 4.78 is 0. The molecule has 0 fully saturated rings. The summed E-state index contributed by atoms with van der Waals surface area (Å²) in [7, 11) is -2.62. The fourth-order valence-corrected chi connectivity index (χ4v) is 9.83. The monoisotopic (exact) mass is 418 g/mol. The highest BCUT2D eigenvalue weighted by atomic mass is 35.5. The normalized spacial score (nSPS) is 11.4. The Bertz CT molecular complexity index is 981. The van der Waals surface area contributed by atoms with Gasteiger partial charge in [0.25, 0.3) is 0 Å². The van der Waals surface area contributed by atoms with E-state index in [1.165, 1.54) is 15.6 Å². The van der Waals surface area contributed by atoms with E-state index in [0.29, 0.717) is 10.0 Å². The zero-order valence-corrected chi connectivity index (χ0v) is 18.1. The van der Waals surface area contributed by atoms with Crippen LogP contribution in [0.3, 0.4) is 0 Å². The first-order chi connectivity index (χ1) is 13.6. The SMILES string of the molecule is Cc1cc(Cl)c(Cl)c([Si](c2ccccc2)(c2ccccc2)c2ccccc2)c1. The van der Waals surface area contributed by atoms with Gasteiger partial charge in [0.05, 0.1) is 10.0 Å². The highest BCUT2D eigenvalue weighted by molar-refractivity contribution is 7.20. The third-order valence-corrected chi connectivity index (χ3v) is 11.0. The molecule has 0 saturated carbocycles. The van der Waals surface area contributed by atoms with Crippen molar-refractivity contribution in [1.29, 1.82) is 0 Å². The zero-order chi connectivity index (χ0) is 19.6. The molecule has 0 amide bonds. The first-order valence-corrected chi connectivity index (χ1v) is 12.0. The number of aryl methyl sites for hydroxylation is 1. The van der Waals surface area contributed by atoms with Crippen molar-refractivity contribution in [2.24, 2.45) is 0 Å². The van der Waals surface area contributed by atoms with Gasteiger partial charge >= 0.3 is 0 Å². The summed E-state index contributed by atoms with van der Waals surface area (Å²) in [4.78, 5) is 0. The van der Waals surface area contributed by atoms with Crippen molar-refractivity contribution in [2.75, 3.05) is 0 Å². The van der Waals surface area contributed by atoms with Gasteiger partial charge in [0.1, 0.15) is 0 Å². The second kappa shape index (κ2) is 7.96. The Morgan fingerprint density at radius 1 is 0.571 bits per heavy atom. The molecule has 0 radical (unpaired) electrons. The van der Waals surface area contributed by atoms with Crippen molar-refractivity contribution in [1.82, 2.24) is 0 Å². The maximum atomic E-state index is 6.90. The molecule has 0 N–H and O–H groups in total. The molecule has 0 atom stereocenters. The molecule has 4 aromatic carbocycles. The van der Waals surface area contributed by atoms with Gasteiger partial charge in [-0.25, -0.2) is 0 Å². The molecule has 4 aromatic rings. The Labute approximate surface area is 177 Å². The molecule has 4 rings (SSSR count). The molecule has 0 spiro atoms. The fourth-order valence-electron chi connectivity index (χ4n) is 4.03. The molecule has 28 heavy (non-hydrogen) atoms. The average Bonchev–Trinajstić information content (AvgIpc) is 2.74. The summed E-state index contributed by atoms with van der Waals surface area (Å²) in [6, 6.07) is 36.3. The van der Waals surface area contributed by atoms with Crippen LogP contribution in [0, 0.1) is 6.92 Å². The van der Waals surface area contributed by atoms with E-state index in [1.54, 1.807) is 0 Å². The van der Waals surface area contributed by atoms with Gasteiger partial charge in [0, 0.05) is 0 Å². The highest BCUT2D eigenvalue weighted by Gasteiger charge is 2.43. The van der Waals surface area contributed by atoms with E-state index in [-0.39, 0.29) is 0 Å². The number of halogens is 2. The van der Waals surface area contributed by atoms with Crippen LogP contribution in [0.15, 0.2) is 103 Å². The summed E-state index contributed by atoms with van der Waals surface area (Å²) in [5.74, 6) is 0. The molecule has 0 unspecified atom stereocenters. The molecule has 0 aliphatic carbocycles. The van der Waals surface area contributed by atoms with Crippen LogP contribution in [0.25, 0.3) is 0 Å². The maximum Gasteiger partial charge on any atom is 0.181 e. The van der Waals surface area contributed by atoms with E-state index in [4.69, 9.17) is 23.2 Å². The zero-order valence-electron chi connectivity index (χ0n) is 15.6. The van der Waals surface area contributed by atoms with Crippen LogP contribution < -0.4 is 20.7 Å². The largest absolute Gasteiger partial charge is 0.181 e. The molecule has 0 aromatic heterocycles. The van der Waals surface area contributed by atoms with Crippen molar-refractivity contribution < 1.29 is 0 Å². The molecule has 0 nitrogen and oxygen atoms in total. The molecule has 0 aliphatic heterocycles. The molecule has 138 valence electrons. The van der Waals surface area contributed by atoms with E-state index in [1.807, 2.05) is 6.07 Å². The molecule has 0 aliphatic rings. The van der Waals surface area contributed by atoms with E-state index < -0.39 is 8.07 Å². The standard InChI is InChI=1S/C25H20Cl2Si/c1-19-17-23(26)25(27)24(18-19)28(20-11-5-2-6-12-20,21-13-7-3-8-14-21)22-15-9-4-10-16-22/h2-18H,1H3. The Hall–Kier alpha value is -2.32. The summed E-state index contributed by atoms with van der Waals surface area (Å²) >= 11 is 13.5. The third-order valence-electron chi connectivity index (χ3n) is 5.20. The number of rotatable bonds is 4. The third kappa shape index (κ3) is 3.20. The van der Waals surface area contributed by atoms with Gasteiger partial charge in [-0.05, 0) is 39.3 Å². The topological polar surface area (TPSA) is 0 Å². The summed E-state index contributed by atoms with van der Waals surface area (Å²) in [6.45, 7) is 2.08. The van der Waals surface area contributed by atoms with Gasteiger partial charge in [0.2, 0.25) is 0 Å². The minimum absolute atomic E-state index is 0.608. The van der Waals surface area contributed by atoms with Crippen molar-refractivity contribution in [3.05, 3.63) is 119 Å². The van der Waals surface area contributed by atoms with Gasteiger partial charge in [-0.1, -0.05) is 120 Å². The summed E-state index contributed by atoms with van der Waals surface area (Å²) in [5, 5.41) is 6.25. The Balaban J connectivity index is 2.21. The van der Waals surface area contributed by atoms with Crippen molar-refractivity contribution >= 4 is 52.0 Å². The van der Waals surface area contributed by atoms with Crippen LogP contribution in [-0.2, 0) is 0 Å². The van der Waals surface area contributed by atoms with Crippen LogP contribution in [0.1, 0.15) is 5.56 Å². The summed E-state index contributed by atoms with van der Waals surface area (Å²) in [5.41, 5.74) is 1.11. The van der Waals surface area contributed by atoms with Gasteiger partial charge in [-0.2, -0.15) is 0 Å². The second-order valence-corrected chi connectivity index (χ2v) is 11.5. The highest BCUT2D eigenvalue weighted by Crippen LogP contribution is 2.24. The lowest BCUT2D eigenvalue weighted by Gasteiger charge is -2.35. The average molecular weight is 419 g/mol. The molecule has 0 saturated heterocycles. The van der Waals surface area contributed by atoms with Crippen LogP contribution >= 0.6 is 23.2 Å². The summed E-state index contributed by atoms with van der Waals surface area (Å²) in [6.07, 6.45) is 0. The van der Waals surface area contributed by atoms with E-state index in [2.05, 4.69) is 104 Å². The van der Waals surface area contributed by atoms with Crippen LogP contribution in [-0.4, -0.2) is 8.07 Å². The first-order valence-electron chi connectivity index (χ1n) is 9.26. The molecule has 0 heterocycles. The quantitative estimate of drug-likeness (QED) is 0.333. The number of hydrogen-bond donors (Lipinski definition) is 0. The Morgan fingerprint density at radius 3 is 1.36 bits per heavy atom. The smallest absolute Gasteiger partial charge is 0.0828 e. The lowest BCUT2D eigenvalue weighted by Crippen LogP contribution is -2.75. The van der Waals surface area contributed by atoms with Crippen LogP contribution in [0.2, 0.25) is 10.0 Å². The van der Waals surface area contributed by atoms with Gasteiger partial charge in [0.15, 0.2) is 8.07 Å². The van der Waals surface area contributed by atoms with Gasteiger partial charge in [-0.3, -0.25) is 0 Å². The fraction of sp³-hybridized carbons (Fsp3) is 0.0400. The number of benzene rings is 4. The van der Waals surface area contributed by atoms with Crippen molar-refractivity contribution in [3.8, 4) is 0 Å². The van der Waals surface area contributed by atoms with E-state index in [0.717, 1.165) is 10.8 Å². The van der Waals surface area contributed by atoms with Gasteiger partial charge < -0.3 is 0 Å². The predicted molar refractivity (Wildman–Crippen MR) is 125 cm³/mol. The minimum atomic E-state index is -2.62. The predicted octanol–water partition coefficient (Wildman–Crippen LogP) is 4.68. The lowest BCUT2D eigenvalue weighted by atomic mass is 10.2. The van der Waals surface area contributed by atoms with E-state index >= 15 is 0 Å². The second-order valence-electron chi connectivity index (χ2n) is 6.96. The van der Waals surface area contributed by atoms with E-state index in [9.17, 15) is 0 Å². The van der Waals surface area contributed by atoms with Crippen molar-refractivity contribution in [2.45, 2.75) is 6.92 Å².